The van der Waals surface area contributed by atoms with Gasteiger partial charge in [-0.2, -0.15) is 41.3 Å². The van der Waals surface area contributed by atoms with Crippen molar-refractivity contribution < 1.29 is 35.8 Å². The molecule has 1 aromatic rings. The highest BCUT2D eigenvalue weighted by atomic mass is 19.4. The smallest absolute Gasteiger partial charge is 0.387 e. The zero-order chi connectivity index (χ0) is 23.1. The molecule has 1 aliphatic rings. The second-order valence-corrected chi connectivity index (χ2v) is 6.96. The number of aromatic nitrogens is 3. The van der Waals surface area contributed by atoms with Crippen LogP contribution in [0.5, 0.6) is 0 Å². The van der Waals surface area contributed by atoms with Crippen LogP contribution in [-0.4, -0.2) is 66.3 Å². The van der Waals surface area contributed by atoms with Crippen molar-refractivity contribution in [3.8, 4) is 0 Å². The highest BCUT2D eigenvalue weighted by molar-refractivity contribution is 6.40. The molecular formula is C15H16B2F7N5O. The molecule has 1 heterocycles. The lowest BCUT2D eigenvalue weighted by Crippen LogP contribution is -2.36. The average molecular weight is 437 g/mol. The minimum atomic E-state index is -4.72. The van der Waals surface area contributed by atoms with Crippen LogP contribution in [0.15, 0.2) is 5.83 Å². The summed E-state index contributed by atoms with van der Waals surface area (Å²) >= 11 is 0. The summed E-state index contributed by atoms with van der Waals surface area (Å²) in [7, 11) is 11.1. The molecule has 0 saturated heterocycles. The van der Waals surface area contributed by atoms with Crippen molar-refractivity contribution in [2.75, 3.05) is 10.6 Å². The molecule has 1 aliphatic carbocycles. The molecule has 0 aliphatic heterocycles. The number of hydrogen-bond donors (Lipinski definition) is 3. The maximum atomic E-state index is 14.6. The third-order valence-electron chi connectivity index (χ3n) is 4.42. The Kier molecular flexibility index (Phi) is 6.65. The molecule has 1 unspecified atom stereocenters. The lowest BCUT2D eigenvalue weighted by Gasteiger charge is -2.35. The fraction of sp³-hybridized carbons (Fsp3) is 0.667. The van der Waals surface area contributed by atoms with Crippen molar-refractivity contribution in [1.82, 2.24) is 15.0 Å². The quantitative estimate of drug-likeness (QED) is 0.486. The van der Waals surface area contributed by atoms with Crippen LogP contribution >= 0.6 is 0 Å². The molecule has 0 amide bonds. The van der Waals surface area contributed by atoms with Gasteiger partial charge in [-0.3, -0.25) is 0 Å². The van der Waals surface area contributed by atoms with Crippen molar-refractivity contribution in [2.24, 2.45) is 0 Å². The van der Waals surface area contributed by atoms with Crippen molar-refractivity contribution in [3.05, 3.63) is 11.7 Å². The van der Waals surface area contributed by atoms with Gasteiger partial charge < -0.3 is 15.7 Å². The molecule has 1 aromatic heterocycles. The molecule has 6 nitrogen and oxygen atoms in total. The van der Waals surface area contributed by atoms with Crippen molar-refractivity contribution >= 4 is 33.2 Å². The summed E-state index contributed by atoms with van der Waals surface area (Å²) in [4.78, 5) is 10.8. The van der Waals surface area contributed by atoms with E-state index in [1.807, 2.05) is 10.6 Å². The summed E-state index contributed by atoms with van der Waals surface area (Å²) in [5, 5.41) is 11.9. The molecule has 4 radical (unpaired) electrons. The predicted octanol–water partition coefficient (Wildman–Crippen LogP) is 2.89. The SMILES string of the molecule is [B]C1([B])CCC(c2nc(N[C@@H](C)C(F)(F)F)nc(N[C@@H](C)C(F)(F)F)n2)=C(F)C1O. The Morgan fingerprint density at radius 1 is 0.967 bits per heavy atom. The number of allylic oxidation sites excluding steroid dienone is 1. The number of aliphatic hydroxyl groups excluding tert-OH is 1. The second-order valence-electron chi connectivity index (χ2n) is 6.96. The summed E-state index contributed by atoms with van der Waals surface area (Å²) in [5.41, 5.74) is -0.359. The zero-order valence-corrected chi connectivity index (χ0v) is 15.7. The highest BCUT2D eigenvalue weighted by Crippen LogP contribution is 2.43. The Hall–Kier alpha value is -2.05. The molecule has 0 bridgehead atoms. The number of nitrogens with zero attached hydrogens (tertiary/aromatic N) is 3. The van der Waals surface area contributed by atoms with Gasteiger partial charge in [0.15, 0.2) is 5.82 Å². The van der Waals surface area contributed by atoms with Crippen molar-refractivity contribution in [2.45, 2.75) is 62.4 Å². The standard InChI is InChI=1S/C15H16B2F7N5O/c1-5(14(19,20)21)25-11-27-10(7-3-4-13(16,17)9(30)8(7)18)28-12(29-11)26-6(2)15(22,23)24/h5-6,9,30H,3-4H2,1-2H3,(H2,25,26,27,28,29)/t5-,6-,9?/m0/s1. The number of halogens is 7. The van der Waals surface area contributed by atoms with E-state index in [-0.39, 0.29) is 18.4 Å². The first-order valence-electron chi connectivity index (χ1n) is 8.59. The van der Waals surface area contributed by atoms with E-state index in [2.05, 4.69) is 15.0 Å². The molecule has 0 aromatic carbocycles. The number of rotatable bonds is 5. The van der Waals surface area contributed by atoms with Gasteiger partial charge in [0.25, 0.3) is 0 Å². The van der Waals surface area contributed by atoms with Crippen molar-refractivity contribution in [3.63, 3.8) is 0 Å². The summed E-state index contributed by atoms with van der Waals surface area (Å²) in [6.45, 7) is 1.46. The van der Waals surface area contributed by atoms with Crippen LogP contribution in [0.25, 0.3) is 5.57 Å². The Bertz CT molecular complexity index is 775. The number of aliphatic hydroxyl groups is 1. The minimum absolute atomic E-state index is 0.147. The lowest BCUT2D eigenvalue weighted by atomic mass is 9.47. The fourth-order valence-corrected chi connectivity index (χ4v) is 2.41. The van der Waals surface area contributed by atoms with Gasteiger partial charge >= 0.3 is 12.4 Å². The third kappa shape index (κ3) is 5.55. The third-order valence-corrected chi connectivity index (χ3v) is 4.42. The van der Waals surface area contributed by atoms with Crippen LogP contribution in [0.3, 0.4) is 0 Å². The molecule has 0 saturated carbocycles. The first kappa shape index (κ1) is 24.2. The molecule has 3 N–H and O–H groups in total. The van der Waals surface area contributed by atoms with E-state index in [0.29, 0.717) is 0 Å². The van der Waals surface area contributed by atoms with Gasteiger partial charge in [-0.25, -0.2) is 4.39 Å². The Balaban J connectivity index is 2.50. The van der Waals surface area contributed by atoms with Crippen LogP contribution in [-0.2, 0) is 0 Å². The van der Waals surface area contributed by atoms with Gasteiger partial charge in [-0.1, -0.05) is 11.6 Å². The Labute approximate surface area is 169 Å². The Morgan fingerprint density at radius 2 is 1.40 bits per heavy atom. The first-order chi connectivity index (χ1) is 13.5. The largest absolute Gasteiger partial charge is 0.408 e. The lowest BCUT2D eigenvalue weighted by molar-refractivity contribution is -0.139. The van der Waals surface area contributed by atoms with E-state index >= 15 is 0 Å². The van der Waals surface area contributed by atoms with E-state index in [4.69, 9.17) is 15.7 Å². The average Bonchev–Trinajstić information content (AvgIpc) is 2.58. The maximum Gasteiger partial charge on any atom is 0.408 e. The highest BCUT2D eigenvalue weighted by Gasteiger charge is 2.40. The normalized spacial score (nSPS) is 21.9. The summed E-state index contributed by atoms with van der Waals surface area (Å²) < 4.78 is 91.5. The van der Waals surface area contributed by atoms with Gasteiger partial charge in [0.05, 0.1) is 21.8 Å². The molecule has 15 heteroatoms. The monoisotopic (exact) mass is 437 g/mol. The van der Waals surface area contributed by atoms with E-state index in [9.17, 15) is 35.8 Å². The van der Waals surface area contributed by atoms with Crippen molar-refractivity contribution in [1.29, 1.82) is 0 Å². The molecule has 0 fully saturated rings. The van der Waals surface area contributed by atoms with E-state index < -0.39 is 59.3 Å². The maximum absolute atomic E-state index is 14.6. The van der Waals surface area contributed by atoms with Crippen LogP contribution in [0.2, 0.25) is 5.21 Å². The topological polar surface area (TPSA) is 83.0 Å². The van der Waals surface area contributed by atoms with Gasteiger partial charge in [0.1, 0.15) is 17.9 Å². The molecular weight excluding hydrogens is 421 g/mol. The second kappa shape index (κ2) is 8.23. The molecule has 0 spiro atoms. The zero-order valence-electron chi connectivity index (χ0n) is 15.7. The summed E-state index contributed by atoms with van der Waals surface area (Å²) in [6, 6.07) is -4.34. The number of anilines is 2. The molecule has 162 valence electrons. The minimum Gasteiger partial charge on any atom is -0.387 e. The number of nitrogens with one attached hydrogen (secondary N) is 2. The fourth-order valence-electron chi connectivity index (χ4n) is 2.41. The van der Waals surface area contributed by atoms with Crippen LogP contribution < -0.4 is 10.6 Å². The van der Waals surface area contributed by atoms with Gasteiger partial charge in [0.2, 0.25) is 11.9 Å². The van der Waals surface area contributed by atoms with E-state index in [1.165, 1.54) is 0 Å². The summed E-state index contributed by atoms with van der Waals surface area (Å²) in [5.74, 6) is -3.28. The predicted molar refractivity (Wildman–Crippen MR) is 95.6 cm³/mol. The molecule has 30 heavy (non-hydrogen) atoms. The van der Waals surface area contributed by atoms with E-state index in [1.54, 1.807) is 0 Å². The van der Waals surface area contributed by atoms with E-state index in [0.717, 1.165) is 13.8 Å². The van der Waals surface area contributed by atoms with Gasteiger partial charge in [-0.05, 0) is 20.3 Å². The Morgan fingerprint density at radius 3 is 1.80 bits per heavy atom. The van der Waals surface area contributed by atoms with Crippen LogP contribution in [0.4, 0.5) is 42.6 Å². The van der Waals surface area contributed by atoms with Crippen LogP contribution in [0, 0.1) is 0 Å². The molecule has 3 atom stereocenters. The molecule has 2 rings (SSSR count). The van der Waals surface area contributed by atoms with Gasteiger partial charge in [0, 0.05) is 5.57 Å². The first-order valence-corrected chi connectivity index (χ1v) is 8.59. The number of hydrogen-bond acceptors (Lipinski definition) is 6. The summed E-state index contributed by atoms with van der Waals surface area (Å²) in [6.07, 6.45) is -11.8. The number of alkyl halides is 6. The van der Waals surface area contributed by atoms with Gasteiger partial charge in [-0.15, -0.1) is 0 Å². The van der Waals surface area contributed by atoms with Crippen LogP contribution in [0.1, 0.15) is 32.5 Å².